The number of benzene rings is 2. The van der Waals surface area contributed by atoms with Crippen molar-refractivity contribution >= 4 is 39.1 Å². The molecule has 9 nitrogen and oxygen atoms in total. The molecule has 2 amide bonds. The fourth-order valence-corrected chi connectivity index (χ4v) is 6.10. The number of rotatable bonds is 6. The van der Waals surface area contributed by atoms with Gasteiger partial charge in [0.05, 0.1) is 24.2 Å². The van der Waals surface area contributed by atoms with Crippen molar-refractivity contribution in [2.45, 2.75) is 40.3 Å². The second kappa shape index (κ2) is 10.3. The van der Waals surface area contributed by atoms with Gasteiger partial charge in [-0.05, 0) is 67.8 Å². The number of nitrogens with zero attached hydrogens (tertiary/aromatic N) is 3. The Morgan fingerprint density at radius 2 is 1.87 bits per heavy atom. The number of ether oxygens (including phenoxy) is 1. The lowest BCUT2D eigenvalue weighted by Gasteiger charge is -2.25. The first-order chi connectivity index (χ1) is 18.3. The van der Waals surface area contributed by atoms with Gasteiger partial charge in [-0.25, -0.2) is 9.36 Å². The van der Waals surface area contributed by atoms with Crippen molar-refractivity contribution in [1.82, 2.24) is 14.0 Å². The zero-order valence-corrected chi connectivity index (χ0v) is 22.3. The SMILES string of the molecule is CCOc1ccc(NC(=O)Cn2c(=O)n(-c3cccc(C)c3)c(=O)c3c4c(sc32)CN(C(C)=O)CC4)cc1. The van der Waals surface area contributed by atoms with Crippen LogP contribution in [0.15, 0.2) is 58.1 Å². The Morgan fingerprint density at radius 3 is 2.55 bits per heavy atom. The first-order valence-electron chi connectivity index (χ1n) is 12.4. The maximum absolute atomic E-state index is 13.8. The van der Waals surface area contributed by atoms with Crippen LogP contribution >= 0.6 is 11.3 Å². The maximum Gasteiger partial charge on any atom is 0.337 e. The average Bonchev–Trinajstić information content (AvgIpc) is 3.27. The molecule has 4 aromatic rings. The molecule has 0 fully saturated rings. The van der Waals surface area contributed by atoms with E-state index in [0.717, 1.165) is 20.6 Å². The minimum Gasteiger partial charge on any atom is -0.494 e. The quantitative estimate of drug-likeness (QED) is 0.410. The molecule has 0 bridgehead atoms. The van der Waals surface area contributed by atoms with E-state index in [1.54, 1.807) is 47.4 Å². The molecule has 3 heterocycles. The van der Waals surface area contributed by atoms with Gasteiger partial charge in [-0.15, -0.1) is 11.3 Å². The molecule has 2 aromatic heterocycles. The third kappa shape index (κ3) is 4.74. The predicted octanol–water partition coefficient (Wildman–Crippen LogP) is 3.46. The number of amides is 2. The van der Waals surface area contributed by atoms with Crippen LogP contribution in [0.3, 0.4) is 0 Å². The summed E-state index contributed by atoms with van der Waals surface area (Å²) in [6.45, 7) is 6.43. The number of aromatic nitrogens is 2. The molecular formula is C28H28N4O5S. The molecule has 0 saturated heterocycles. The van der Waals surface area contributed by atoms with Gasteiger partial charge in [0.25, 0.3) is 5.56 Å². The van der Waals surface area contributed by atoms with Crippen molar-refractivity contribution in [1.29, 1.82) is 0 Å². The predicted molar refractivity (Wildman–Crippen MR) is 147 cm³/mol. The standard InChI is InChI=1S/C28H28N4O5S/c1-4-37-21-10-8-19(9-11-21)29-24(34)16-31-27-25(22-12-13-30(18(3)33)15-23(22)38-27)26(35)32(28(31)36)20-7-5-6-17(2)14-20/h5-11,14H,4,12-13,15-16H2,1-3H3,(H,29,34). The highest BCUT2D eigenvalue weighted by molar-refractivity contribution is 7.18. The Balaban J connectivity index is 1.61. The minimum absolute atomic E-state index is 0.0441. The first-order valence-corrected chi connectivity index (χ1v) is 13.2. The van der Waals surface area contributed by atoms with Gasteiger partial charge >= 0.3 is 5.69 Å². The van der Waals surface area contributed by atoms with Crippen LogP contribution in [0.2, 0.25) is 0 Å². The van der Waals surface area contributed by atoms with Crippen molar-refractivity contribution in [3.63, 3.8) is 0 Å². The summed E-state index contributed by atoms with van der Waals surface area (Å²) in [6.07, 6.45) is 0.508. The van der Waals surface area contributed by atoms with Gasteiger partial charge in [0.2, 0.25) is 11.8 Å². The number of anilines is 1. The Labute approximate surface area is 222 Å². The number of hydrogen-bond acceptors (Lipinski definition) is 6. The second-order valence-electron chi connectivity index (χ2n) is 9.23. The number of fused-ring (bicyclic) bond motifs is 3. The molecule has 38 heavy (non-hydrogen) atoms. The van der Waals surface area contributed by atoms with Gasteiger partial charge in [-0.3, -0.25) is 19.0 Å². The van der Waals surface area contributed by atoms with Gasteiger partial charge < -0.3 is 15.0 Å². The average molecular weight is 533 g/mol. The normalized spacial score (nSPS) is 12.9. The van der Waals surface area contributed by atoms with Gasteiger partial charge in [0.15, 0.2) is 0 Å². The van der Waals surface area contributed by atoms with Crippen LogP contribution in [-0.2, 0) is 29.1 Å². The summed E-state index contributed by atoms with van der Waals surface area (Å²) in [5, 5.41) is 3.26. The van der Waals surface area contributed by atoms with E-state index in [1.165, 1.54) is 22.8 Å². The van der Waals surface area contributed by atoms with Gasteiger partial charge in [0, 0.05) is 24.0 Å². The highest BCUT2D eigenvalue weighted by atomic mass is 32.1. The summed E-state index contributed by atoms with van der Waals surface area (Å²) in [5.74, 6) is 0.249. The molecule has 10 heteroatoms. The largest absolute Gasteiger partial charge is 0.494 e. The molecule has 1 aliphatic rings. The number of carbonyl (C=O) groups excluding carboxylic acids is 2. The Kier molecular flexibility index (Phi) is 6.90. The smallest absolute Gasteiger partial charge is 0.337 e. The van der Waals surface area contributed by atoms with Crippen molar-refractivity contribution in [2.24, 2.45) is 0 Å². The number of hydrogen-bond donors (Lipinski definition) is 1. The molecular weight excluding hydrogens is 504 g/mol. The fraction of sp³-hybridized carbons (Fsp3) is 0.286. The van der Waals surface area contributed by atoms with Crippen LogP contribution in [0, 0.1) is 6.92 Å². The fourth-order valence-electron chi connectivity index (χ4n) is 4.75. The van der Waals surface area contributed by atoms with Crippen LogP contribution in [0.4, 0.5) is 5.69 Å². The topological polar surface area (TPSA) is 103 Å². The number of nitrogens with one attached hydrogen (secondary N) is 1. The monoisotopic (exact) mass is 532 g/mol. The molecule has 5 rings (SSSR count). The zero-order valence-electron chi connectivity index (χ0n) is 21.4. The molecule has 0 aliphatic carbocycles. The highest BCUT2D eigenvalue weighted by Gasteiger charge is 2.28. The third-order valence-corrected chi connectivity index (χ3v) is 7.82. The summed E-state index contributed by atoms with van der Waals surface area (Å²) >= 11 is 1.30. The lowest BCUT2D eigenvalue weighted by Crippen LogP contribution is -2.41. The summed E-state index contributed by atoms with van der Waals surface area (Å²) in [5.41, 5.74) is 1.76. The van der Waals surface area contributed by atoms with E-state index >= 15 is 0 Å². The lowest BCUT2D eigenvalue weighted by molar-refractivity contribution is -0.129. The van der Waals surface area contributed by atoms with Crippen molar-refractivity contribution in [3.05, 3.63) is 85.4 Å². The second-order valence-corrected chi connectivity index (χ2v) is 10.3. The molecule has 1 N–H and O–H groups in total. The molecule has 2 aromatic carbocycles. The van der Waals surface area contributed by atoms with Crippen LogP contribution in [0.5, 0.6) is 5.75 Å². The molecule has 1 aliphatic heterocycles. The third-order valence-electron chi connectivity index (χ3n) is 6.58. The Morgan fingerprint density at radius 1 is 1.11 bits per heavy atom. The van der Waals surface area contributed by atoms with E-state index < -0.39 is 17.2 Å². The van der Waals surface area contributed by atoms with E-state index in [1.807, 2.05) is 19.9 Å². The maximum atomic E-state index is 13.8. The van der Waals surface area contributed by atoms with E-state index in [-0.39, 0.29) is 12.5 Å². The lowest BCUT2D eigenvalue weighted by atomic mass is 10.1. The van der Waals surface area contributed by atoms with Crippen LogP contribution in [0.1, 0.15) is 29.9 Å². The zero-order chi connectivity index (χ0) is 27.0. The van der Waals surface area contributed by atoms with Crippen LogP contribution in [-0.4, -0.2) is 39.0 Å². The van der Waals surface area contributed by atoms with E-state index in [9.17, 15) is 19.2 Å². The van der Waals surface area contributed by atoms with E-state index in [0.29, 0.717) is 53.5 Å². The first kappa shape index (κ1) is 25.5. The summed E-state index contributed by atoms with van der Waals surface area (Å²) in [7, 11) is 0. The highest BCUT2D eigenvalue weighted by Crippen LogP contribution is 2.33. The molecule has 196 valence electrons. The molecule has 0 atom stereocenters. The van der Waals surface area contributed by atoms with Crippen LogP contribution < -0.4 is 21.3 Å². The summed E-state index contributed by atoms with van der Waals surface area (Å²) in [4.78, 5) is 55.7. The number of thiophene rings is 1. The van der Waals surface area contributed by atoms with Crippen molar-refractivity contribution < 1.29 is 14.3 Å². The van der Waals surface area contributed by atoms with Gasteiger partial charge in [-0.2, -0.15) is 0 Å². The Hall–Kier alpha value is -4.18. The van der Waals surface area contributed by atoms with Crippen molar-refractivity contribution in [2.75, 3.05) is 18.5 Å². The molecule has 0 spiro atoms. The van der Waals surface area contributed by atoms with Crippen LogP contribution in [0.25, 0.3) is 15.9 Å². The Bertz CT molecular complexity index is 1670. The van der Waals surface area contributed by atoms with Gasteiger partial charge in [-0.1, -0.05) is 12.1 Å². The van der Waals surface area contributed by atoms with Gasteiger partial charge in [0.1, 0.15) is 17.1 Å². The number of aryl methyl sites for hydroxylation is 1. The summed E-state index contributed by atoms with van der Waals surface area (Å²) in [6, 6.07) is 14.1. The number of carbonyl (C=O) groups is 2. The summed E-state index contributed by atoms with van der Waals surface area (Å²) < 4.78 is 7.96. The van der Waals surface area contributed by atoms with E-state index in [2.05, 4.69) is 5.32 Å². The van der Waals surface area contributed by atoms with Crippen molar-refractivity contribution in [3.8, 4) is 11.4 Å². The molecule has 0 radical (unpaired) electrons. The molecule has 0 saturated carbocycles. The minimum atomic E-state index is -0.586. The molecule has 0 unspecified atom stereocenters. The van der Waals surface area contributed by atoms with E-state index in [4.69, 9.17) is 4.74 Å².